The first-order valence-electron chi connectivity index (χ1n) is 4.72. The van der Waals surface area contributed by atoms with Crippen molar-refractivity contribution in [3.63, 3.8) is 0 Å². The molecule has 0 aromatic rings. The van der Waals surface area contributed by atoms with E-state index in [0.717, 1.165) is 25.7 Å². The van der Waals surface area contributed by atoms with E-state index in [0.29, 0.717) is 6.04 Å². The molecule has 1 rings (SSSR count). The van der Waals surface area contributed by atoms with Gasteiger partial charge in [0, 0.05) is 12.0 Å². The average molecular weight is 238 g/mol. The minimum atomic E-state index is -5.08. The Labute approximate surface area is 90.8 Å². The number of carboxylic acids is 1. The third-order valence-corrected chi connectivity index (χ3v) is 2.14. The molecule has 0 saturated heterocycles. The predicted octanol–water partition coefficient (Wildman–Crippen LogP) is 1.66. The van der Waals surface area contributed by atoms with Gasteiger partial charge < -0.3 is 10.8 Å². The van der Waals surface area contributed by atoms with Crippen LogP contribution in [0.3, 0.4) is 0 Å². The molecule has 1 fully saturated rings. The van der Waals surface area contributed by atoms with E-state index in [1.54, 1.807) is 0 Å². The number of aliphatic carboxylic acids is 1. The van der Waals surface area contributed by atoms with Crippen LogP contribution in [0.15, 0.2) is 0 Å². The lowest BCUT2D eigenvalue weighted by Crippen LogP contribution is -2.26. The molecule has 4 nitrogen and oxygen atoms in total. The second-order valence-electron chi connectivity index (χ2n) is 3.56. The third-order valence-electron chi connectivity index (χ3n) is 2.14. The van der Waals surface area contributed by atoms with E-state index in [4.69, 9.17) is 20.9 Å². The first kappa shape index (κ1) is 14.7. The zero-order valence-corrected chi connectivity index (χ0v) is 8.50. The van der Waals surface area contributed by atoms with Crippen molar-refractivity contribution in [1.82, 2.24) is 0 Å². The zero-order valence-electron chi connectivity index (χ0n) is 8.50. The van der Waals surface area contributed by atoms with Crippen LogP contribution in [0.2, 0.25) is 0 Å². The molecule has 92 valence electrons. The van der Waals surface area contributed by atoms with Gasteiger partial charge in [0.05, 0.1) is 6.07 Å². The Morgan fingerprint density at radius 3 is 2.19 bits per heavy atom. The van der Waals surface area contributed by atoms with Crippen molar-refractivity contribution in [2.45, 2.75) is 37.9 Å². The quantitative estimate of drug-likeness (QED) is 0.671. The molecule has 0 aromatic carbocycles. The Balaban J connectivity index is 0.000000293. The number of nitrogens with two attached hydrogens (primary N) is 1. The summed E-state index contributed by atoms with van der Waals surface area (Å²) >= 11 is 0. The van der Waals surface area contributed by atoms with Crippen LogP contribution in [0, 0.1) is 17.2 Å². The van der Waals surface area contributed by atoms with Crippen LogP contribution >= 0.6 is 0 Å². The Morgan fingerprint density at radius 2 is 1.94 bits per heavy atom. The fraction of sp³-hybridized carbons (Fsp3) is 0.778. The van der Waals surface area contributed by atoms with Crippen molar-refractivity contribution in [3.8, 4) is 6.07 Å². The molecule has 2 unspecified atom stereocenters. The SMILES string of the molecule is N#CC1CCCC(N)C1.O=C(O)C(F)(F)F. The van der Waals surface area contributed by atoms with Crippen molar-refractivity contribution in [3.05, 3.63) is 0 Å². The van der Waals surface area contributed by atoms with E-state index < -0.39 is 12.1 Å². The summed E-state index contributed by atoms with van der Waals surface area (Å²) in [6.45, 7) is 0. The highest BCUT2D eigenvalue weighted by Gasteiger charge is 2.38. The van der Waals surface area contributed by atoms with Crippen LogP contribution in [0.4, 0.5) is 13.2 Å². The lowest BCUT2D eigenvalue weighted by atomic mass is 9.87. The van der Waals surface area contributed by atoms with E-state index in [1.807, 2.05) is 0 Å². The van der Waals surface area contributed by atoms with E-state index in [2.05, 4.69) is 6.07 Å². The normalized spacial score (nSPS) is 24.9. The molecular weight excluding hydrogens is 225 g/mol. The zero-order chi connectivity index (χ0) is 12.8. The lowest BCUT2D eigenvalue weighted by molar-refractivity contribution is -0.192. The molecule has 7 heteroatoms. The van der Waals surface area contributed by atoms with Crippen LogP contribution in [-0.2, 0) is 4.79 Å². The number of carboxylic acid groups (broad SMARTS) is 1. The molecule has 0 amide bonds. The molecule has 0 aliphatic heterocycles. The molecule has 0 radical (unpaired) electrons. The second-order valence-corrected chi connectivity index (χ2v) is 3.56. The monoisotopic (exact) mass is 238 g/mol. The Kier molecular flexibility index (Phi) is 5.82. The minimum Gasteiger partial charge on any atom is -0.475 e. The fourth-order valence-corrected chi connectivity index (χ4v) is 1.34. The lowest BCUT2D eigenvalue weighted by Gasteiger charge is -2.20. The van der Waals surface area contributed by atoms with Gasteiger partial charge in [0.15, 0.2) is 0 Å². The van der Waals surface area contributed by atoms with Gasteiger partial charge in [-0.3, -0.25) is 0 Å². The molecule has 0 bridgehead atoms. The summed E-state index contributed by atoms with van der Waals surface area (Å²) in [5, 5.41) is 15.6. The van der Waals surface area contributed by atoms with Gasteiger partial charge in [-0.15, -0.1) is 0 Å². The number of alkyl halides is 3. The van der Waals surface area contributed by atoms with Crippen LogP contribution < -0.4 is 5.73 Å². The molecule has 16 heavy (non-hydrogen) atoms. The van der Waals surface area contributed by atoms with Gasteiger partial charge in [-0.05, 0) is 19.3 Å². The van der Waals surface area contributed by atoms with E-state index >= 15 is 0 Å². The molecule has 2 atom stereocenters. The molecule has 0 aromatic heterocycles. The van der Waals surface area contributed by atoms with Gasteiger partial charge in [0.2, 0.25) is 0 Å². The molecule has 0 spiro atoms. The number of hydrogen-bond acceptors (Lipinski definition) is 3. The number of hydrogen-bond donors (Lipinski definition) is 2. The van der Waals surface area contributed by atoms with Crippen LogP contribution in [0.5, 0.6) is 0 Å². The third kappa shape index (κ3) is 6.24. The Morgan fingerprint density at radius 1 is 1.44 bits per heavy atom. The maximum Gasteiger partial charge on any atom is 0.490 e. The van der Waals surface area contributed by atoms with Crippen molar-refractivity contribution in [2.75, 3.05) is 0 Å². The number of nitrogens with zero attached hydrogens (tertiary/aromatic N) is 1. The maximum atomic E-state index is 10.6. The highest BCUT2D eigenvalue weighted by atomic mass is 19.4. The Hall–Kier alpha value is -1.29. The van der Waals surface area contributed by atoms with Gasteiger partial charge in [-0.25, -0.2) is 4.79 Å². The van der Waals surface area contributed by atoms with Gasteiger partial charge in [0.25, 0.3) is 0 Å². The molecule has 1 aliphatic carbocycles. The van der Waals surface area contributed by atoms with Gasteiger partial charge >= 0.3 is 12.1 Å². The van der Waals surface area contributed by atoms with Crippen molar-refractivity contribution in [1.29, 1.82) is 5.26 Å². The smallest absolute Gasteiger partial charge is 0.475 e. The first-order valence-corrected chi connectivity index (χ1v) is 4.72. The second kappa shape index (κ2) is 6.33. The summed E-state index contributed by atoms with van der Waals surface area (Å²) in [6.07, 6.45) is -0.863. The topological polar surface area (TPSA) is 87.1 Å². The highest BCUT2D eigenvalue weighted by Crippen LogP contribution is 2.21. The first-order chi connectivity index (χ1) is 7.27. The highest BCUT2D eigenvalue weighted by molar-refractivity contribution is 5.73. The van der Waals surface area contributed by atoms with Gasteiger partial charge in [0.1, 0.15) is 0 Å². The van der Waals surface area contributed by atoms with Crippen molar-refractivity contribution >= 4 is 5.97 Å². The van der Waals surface area contributed by atoms with Crippen LogP contribution in [0.25, 0.3) is 0 Å². The molecular formula is C9H13F3N2O2. The molecule has 3 N–H and O–H groups in total. The standard InChI is InChI=1S/C7H12N2.C2HF3O2/c8-5-6-2-1-3-7(9)4-6;3-2(4,5)1(6)7/h6-7H,1-4,9H2;(H,6,7). The molecule has 0 heterocycles. The minimum absolute atomic E-state index is 0.244. The van der Waals surface area contributed by atoms with Crippen LogP contribution in [0.1, 0.15) is 25.7 Å². The van der Waals surface area contributed by atoms with Crippen molar-refractivity contribution < 1.29 is 23.1 Å². The Bertz CT molecular complexity index is 273. The average Bonchev–Trinajstić information content (AvgIpc) is 2.17. The number of nitriles is 1. The van der Waals surface area contributed by atoms with Crippen molar-refractivity contribution in [2.24, 2.45) is 11.7 Å². The number of rotatable bonds is 0. The molecule has 1 aliphatic rings. The molecule has 1 saturated carbocycles. The number of carbonyl (C=O) groups is 1. The summed E-state index contributed by atoms with van der Waals surface area (Å²) < 4.78 is 31.7. The summed E-state index contributed by atoms with van der Waals surface area (Å²) in [5.74, 6) is -2.51. The van der Waals surface area contributed by atoms with Crippen LogP contribution in [-0.4, -0.2) is 23.3 Å². The van der Waals surface area contributed by atoms with Gasteiger partial charge in [-0.1, -0.05) is 6.42 Å². The van der Waals surface area contributed by atoms with E-state index in [9.17, 15) is 13.2 Å². The van der Waals surface area contributed by atoms with E-state index in [-0.39, 0.29) is 5.92 Å². The summed E-state index contributed by atoms with van der Waals surface area (Å²) in [6, 6.07) is 2.55. The summed E-state index contributed by atoms with van der Waals surface area (Å²) in [4.78, 5) is 8.90. The summed E-state index contributed by atoms with van der Waals surface area (Å²) in [5.41, 5.74) is 5.65. The van der Waals surface area contributed by atoms with Gasteiger partial charge in [-0.2, -0.15) is 18.4 Å². The maximum absolute atomic E-state index is 10.6. The number of halogens is 3. The largest absolute Gasteiger partial charge is 0.490 e. The summed E-state index contributed by atoms with van der Waals surface area (Å²) in [7, 11) is 0. The fourth-order valence-electron chi connectivity index (χ4n) is 1.34. The van der Waals surface area contributed by atoms with E-state index in [1.165, 1.54) is 0 Å². The predicted molar refractivity (Wildman–Crippen MR) is 49.2 cm³/mol.